The Bertz CT molecular complexity index is 1110. The van der Waals surface area contributed by atoms with Gasteiger partial charge < -0.3 is 26.9 Å². The number of nitrogens with two attached hydrogens (primary N) is 2. The van der Waals surface area contributed by atoms with E-state index in [4.69, 9.17) is 11.5 Å². The Morgan fingerprint density at radius 1 is 1.19 bits per heavy atom. The molecular weight excluding hydrogens is 400 g/mol. The number of fused-ring (bicyclic) bond motifs is 1. The number of rotatable bonds is 10. The molecule has 0 radical (unpaired) electrons. The highest BCUT2D eigenvalue weighted by Crippen LogP contribution is 2.12. The molecule has 1 amide bonds. The van der Waals surface area contributed by atoms with E-state index in [2.05, 4.69) is 30.6 Å². The third-order valence-electron chi connectivity index (χ3n) is 4.56. The second-order valence-electron chi connectivity index (χ2n) is 6.92. The molecule has 0 unspecified atom stereocenters. The van der Waals surface area contributed by atoms with Crippen LogP contribution in [0.4, 0.5) is 11.6 Å². The summed E-state index contributed by atoms with van der Waals surface area (Å²) < 4.78 is 0. The normalized spacial score (nSPS) is 11.8. The van der Waals surface area contributed by atoms with E-state index >= 15 is 0 Å². The maximum absolute atomic E-state index is 12.3. The van der Waals surface area contributed by atoms with Crippen LogP contribution in [0, 0.1) is 0 Å². The Kier molecular flexibility index (Phi) is 7.22. The molecule has 0 aliphatic heterocycles. The molecule has 1 atom stereocenters. The summed E-state index contributed by atoms with van der Waals surface area (Å²) in [6.45, 7) is 0.868. The number of aromatic nitrogens is 4. The van der Waals surface area contributed by atoms with E-state index in [1.165, 1.54) is 6.20 Å². The molecule has 0 bridgehead atoms. The molecule has 0 aliphatic carbocycles. The number of benzene rings is 1. The van der Waals surface area contributed by atoms with Crippen LogP contribution in [0.3, 0.4) is 0 Å². The fourth-order valence-corrected chi connectivity index (χ4v) is 2.92. The van der Waals surface area contributed by atoms with E-state index in [0.717, 1.165) is 24.8 Å². The van der Waals surface area contributed by atoms with Gasteiger partial charge in [0.05, 0.1) is 24.5 Å². The summed E-state index contributed by atoms with van der Waals surface area (Å²) in [6, 6.07) is 6.26. The molecule has 0 fully saturated rings. The molecular formula is C20H24N8O3. The van der Waals surface area contributed by atoms with E-state index in [9.17, 15) is 14.4 Å². The van der Waals surface area contributed by atoms with Gasteiger partial charge in [-0.1, -0.05) is 0 Å². The van der Waals surface area contributed by atoms with Crippen molar-refractivity contribution in [1.82, 2.24) is 25.3 Å². The minimum Gasteiger partial charge on any atom is -0.379 e. The zero-order valence-corrected chi connectivity index (χ0v) is 16.8. The van der Waals surface area contributed by atoms with Crippen LogP contribution in [0.15, 0.2) is 35.3 Å². The standard InChI is InChI=1S/C20H24N8O3/c21-8-2-1-3-14(11-29)26-18(30)12-4-6-13(7-5-12)23-9-15-10-24-17-16(25-15)19(31)28-20(22)27-17/h4-7,10-11,14,23H,1-3,8-9,21H2,(H,26,30)(H3,22,24,27,28,31)/t14-/m0/s1. The molecule has 7 N–H and O–H groups in total. The lowest BCUT2D eigenvalue weighted by atomic mass is 10.1. The number of unbranched alkanes of at least 4 members (excludes halogenated alkanes) is 1. The Labute approximate surface area is 177 Å². The number of aldehydes is 1. The smallest absolute Gasteiger partial charge is 0.280 e. The first-order valence-corrected chi connectivity index (χ1v) is 9.81. The van der Waals surface area contributed by atoms with E-state index < -0.39 is 11.6 Å². The average molecular weight is 424 g/mol. The third kappa shape index (κ3) is 5.82. The monoisotopic (exact) mass is 424 g/mol. The van der Waals surface area contributed by atoms with Gasteiger partial charge in [-0.2, -0.15) is 4.98 Å². The summed E-state index contributed by atoms with van der Waals surface area (Å²) in [5.41, 5.74) is 12.5. The van der Waals surface area contributed by atoms with Crippen LogP contribution in [-0.4, -0.2) is 44.7 Å². The summed E-state index contributed by atoms with van der Waals surface area (Å²) >= 11 is 0. The summed E-state index contributed by atoms with van der Waals surface area (Å²) in [6.07, 6.45) is 4.39. The van der Waals surface area contributed by atoms with Crippen molar-refractivity contribution in [1.29, 1.82) is 0 Å². The van der Waals surface area contributed by atoms with Crippen molar-refractivity contribution in [2.24, 2.45) is 5.73 Å². The van der Waals surface area contributed by atoms with E-state index in [1.54, 1.807) is 24.3 Å². The summed E-state index contributed by atoms with van der Waals surface area (Å²) in [7, 11) is 0. The number of nitrogens with zero attached hydrogens (tertiary/aromatic N) is 3. The highest BCUT2D eigenvalue weighted by molar-refractivity contribution is 5.95. The van der Waals surface area contributed by atoms with E-state index in [-0.39, 0.29) is 23.0 Å². The number of amides is 1. The maximum Gasteiger partial charge on any atom is 0.280 e. The number of carbonyl (C=O) groups is 2. The van der Waals surface area contributed by atoms with Crippen LogP contribution < -0.4 is 27.7 Å². The number of nitrogen functional groups attached to an aromatic ring is 1. The van der Waals surface area contributed by atoms with Crippen molar-refractivity contribution in [2.75, 3.05) is 17.6 Å². The van der Waals surface area contributed by atoms with Crippen LogP contribution in [0.1, 0.15) is 35.3 Å². The van der Waals surface area contributed by atoms with Crippen LogP contribution in [0.25, 0.3) is 11.2 Å². The van der Waals surface area contributed by atoms with Gasteiger partial charge in [0.2, 0.25) is 5.95 Å². The molecule has 162 valence electrons. The molecule has 0 saturated heterocycles. The van der Waals surface area contributed by atoms with Crippen molar-refractivity contribution < 1.29 is 9.59 Å². The molecule has 0 saturated carbocycles. The van der Waals surface area contributed by atoms with Crippen LogP contribution in [0.5, 0.6) is 0 Å². The van der Waals surface area contributed by atoms with Crippen LogP contribution in [-0.2, 0) is 11.3 Å². The summed E-state index contributed by atoms with van der Waals surface area (Å²) in [5.74, 6) is -0.334. The van der Waals surface area contributed by atoms with Gasteiger partial charge in [0.15, 0.2) is 11.2 Å². The predicted molar refractivity (Wildman–Crippen MR) is 116 cm³/mol. The number of anilines is 2. The van der Waals surface area contributed by atoms with Crippen LogP contribution in [0.2, 0.25) is 0 Å². The second-order valence-corrected chi connectivity index (χ2v) is 6.92. The SMILES string of the molecule is NCCCC[C@@H](C=O)NC(=O)c1ccc(NCc2cnc3nc(N)[nH]c(=O)c3n2)cc1. The highest BCUT2D eigenvalue weighted by atomic mass is 16.2. The number of H-pyrrole nitrogens is 1. The van der Waals surface area contributed by atoms with Crippen LogP contribution >= 0.6 is 0 Å². The largest absolute Gasteiger partial charge is 0.379 e. The number of carbonyl (C=O) groups excluding carboxylic acids is 2. The second kappa shape index (κ2) is 10.3. The molecule has 3 rings (SSSR count). The Morgan fingerprint density at radius 2 is 1.97 bits per heavy atom. The fourth-order valence-electron chi connectivity index (χ4n) is 2.92. The predicted octanol–water partition coefficient (Wildman–Crippen LogP) is 0.334. The van der Waals surface area contributed by atoms with Gasteiger partial charge in [-0.25, -0.2) is 9.97 Å². The van der Waals surface area contributed by atoms with Crippen molar-refractivity contribution in [3.63, 3.8) is 0 Å². The Balaban J connectivity index is 1.59. The number of aromatic amines is 1. The van der Waals surface area contributed by atoms with Gasteiger partial charge in [-0.3, -0.25) is 14.6 Å². The minimum atomic E-state index is -0.531. The molecule has 11 nitrogen and oxygen atoms in total. The molecule has 2 aromatic heterocycles. The van der Waals surface area contributed by atoms with Crippen molar-refractivity contribution in [3.8, 4) is 0 Å². The molecule has 11 heteroatoms. The topological polar surface area (TPSA) is 182 Å². The van der Waals surface area contributed by atoms with Crippen molar-refractivity contribution in [3.05, 3.63) is 52.1 Å². The van der Waals surface area contributed by atoms with Gasteiger partial charge in [0.25, 0.3) is 11.5 Å². The molecule has 0 aliphatic rings. The zero-order chi connectivity index (χ0) is 22.2. The Morgan fingerprint density at radius 3 is 2.68 bits per heavy atom. The van der Waals surface area contributed by atoms with E-state index in [0.29, 0.717) is 30.8 Å². The van der Waals surface area contributed by atoms with Gasteiger partial charge in [-0.05, 0) is 50.1 Å². The average Bonchev–Trinajstić information content (AvgIpc) is 2.77. The fraction of sp³-hybridized carbons (Fsp3) is 0.300. The molecule has 3 aromatic rings. The number of hydrogen-bond acceptors (Lipinski definition) is 9. The van der Waals surface area contributed by atoms with Gasteiger partial charge in [-0.15, -0.1) is 0 Å². The summed E-state index contributed by atoms with van der Waals surface area (Å²) in [5, 5.41) is 5.86. The van der Waals surface area contributed by atoms with E-state index in [1.807, 2.05) is 0 Å². The number of nitrogens with one attached hydrogen (secondary N) is 3. The van der Waals surface area contributed by atoms with Gasteiger partial charge in [0.1, 0.15) is 6.29 Å². The molecule has 2 heterocycles. The molecule has 31 heavy (non-hydrogen) atoms. The first-order chi connectivity index (χ1) is 15.0. The first-order valence-electron chi connectivity index (χ1n) is 9.81. The van der Waals surface area contributed by atoms with Crippen molar-refractivity contribution >= 4 is 35.0 Å². The quantitative estimate of drug-likeness (QED) is 0.226. The van der Waals surface area contributed by atoms with Crippen molar-refractivity contribution in [2.45, 2.75) is 31.8 Å². The lowest BCUT2D eigenvalue weighted by Crippen LogP contribution is -2.36. The highest BCUT2D eigenvalue weighted by Gasteiger charge is 2.13. The maximum atomic E-state index is 12.3. The third-order valence-corrected chi connectivity index (χ3v) is 4.56. The lowest BCUT2D eigenvalue weighted by molar-refractivity contribution is -0.109. The minimum absolute atomic E-state index is 0.0168. The molecule has 1 aromatic carbocycles. The first kappa shape index (κ1) is 21.8. The number of hydrogen-bond donors (Lipinski definition) is 5. The Hall–Kier alpha value is -3.86. The van der Waals surface area contributed by atoms with Gasteiger partial charge >= 0.3 is 0 Å². The zero-order valence-electron chi connectivity index (χ0n) is 16.8. The lowest BCUT2D eigenvalue weighted by Gasteiger charge is -2.13. The van der Waals surface area contributed by atoms with Gasteiger partial charge in [0, 0.05) is 11.3 Å². The summed E-state index contributed by atoms with van der Waals surface area (Å²) in [4.78, 5) is 50.1. The molecule has 0 spiro atoms.